The zero-order chi connectivity index (χ0) is 28.6. The molecule has 2 unspecified atom stereocenters. The van der Waals surface area contributed by atoms with Crippen LogP contribution in [0.2, 0.25) is 0 Å². The molecule has 216 valence electrons. The fraction of sp³-hybridized carbons (Fsp3) is 0.480. The Balaban J connectivity index is 1.99. The summed E-state index contributed by atoms with van der Waals surface area (Å²) in [5.41, 5.74) is 12.2. The van der Waals surface area contributed by atoms with Crippen LogP contribution in [0, 0.1) is 5.92 Å². The molecule has 1 amide bonds. The molecule has 2 aromatic carbocycles. The fourth-order valence-electron chi connectivity index (χ4n) is 4.11. The third-order valence-electron chi connectivity index (χ3n) is 5.87. The number of amides is 1. The molecule has 1 saturated heterocycles. The summed E-state index contributed by atoms with van der Waals surface area (Å²) in [6, 6.07) is 14.5. The van der Waals surface area contributed by atoms with Crippen LogP contribution in [0.1, 0.15) is 25.8 Å². The molecule has 0 bridgehead atoms. The van der Waals surface area contributed by atoms with E-state index in [9.17, 15) is 22.7 Å². The molecule has 0 saturated carbocycles. The topological polar surface area (TPSA) is 181 Å². The standard InChI is InChI=1S/C25H36N3O9PS/c1-18(2)15-28(39(32,33)22-10-8-20(26)9-11-22)16-24(37-38(30,31)36-21-12-13-34-17-21)23(35-25(27)29)14-19-6-4-3-5-7-19/h3-11,18,21,23-24H,12-17,26H2,1-2H3,(H2,27,29)(H,30,31)/t21?,23-,24+/m0/s1. The highest BCUT2D eigenvalue weighted by molar-refractivity contribution is 7.89. The molecule has 12 nitrogen and oxygen atoms in total. The SMILES string of the molecule is CC(C)CN(C[C@@H](OP(=O)(O)OC1CCOC1)[C@H](Cc1ccccc1)OC(N)=O)S(=O)(=O)c1ccc(N)cc1. The number of nitrogens with two attached hydrogens (primary N) is 2. The summed E-state index contributed by atoms with van der Waals surface area (Å²) in [4.78, 5) is 22.5. The van der Waals surface area contributed by atoms with Crippen LogP contribution in [0.5, 0.6) is 0 Å². The molecule has 1 aliphatic heterocycles. The molecule has 3 rings (SSSR count). The number of hydrogen-bond donors (Lipinski definition) is 3. The van der Waals surface area contributed by atoms with Crippen molar-refractivity contribution in [2.75, 3.05) is 32.0 Å². The van der Waals surface area contributed by atoms with Gasteiger partial charge in [-0.3, -0.25) is 9.05 Å². The Morgan fingerprint density at radius 1 is 1.13 bits per heavy atom. The number of primary amides is 1. The molecule has 0 aromatic heterocycles. The lowest BCUT2D eigenvalue weighted by atomic mass is 10.0. The summed E-state index contributed by atoms with van der Waals surface area (Å²) in [5.74, 6) is -0.133. The van der Waals surface area contributed by atoms with E-state index in [0.29, 0.717) is 24.3 Å². The van der Waals surface area contributed by atoms with Crippen LogP contribution in [0.3, 0.4) is 0 Å². The monoisotopic (exact) mass is 585 g/mol. The van der Waals surface area contributed by atoms with E-state index in [2.05, 4.69) is 0 Å². The van der Waals surface area contributed by atoms with Gasteiger partial charge >= 0.3 is 13.9 Å². The van der Waals surface area contributed by atoms with Crippen molar-refractivity contribution >= 4 is 29.6 Å². The van der Waals surface area contributed by atoms with E-state index in [1.54, 1.807) is 30.3 Å². The van der Waals surface area contributed by atoms with Gasteiger partial charge in [0.05, 0.1) is 17.6 Å². The van der Waals surface area contributed by atoms with E-state index in [0.717, 1.165) is 4.31 Å². The first-order valence-corrected chi connectivity index (χ1v) is 15.4. The third kappa shape index (κ3) is 9.57. The molecule has 0 radical (unpaired) electrons. The van der Waals surface area contributed by atoms with Crippen molar-refractivity contribution in [2.45, 2.75) is 49.9 Å². The van der Waals surface area contributed by atoms with Gasteiger partial charge in [0, 0.05) is 31.8 Å². The Morgan fingerprint density at radius 3 is 2.36 bits per heavy atom. The lowest BCUT2D eigenvalue weighted by Crippen LogP contribution is -2.47. The van der Waals surface area contributed by atoms with Crippen LogP contribution in [0.15, 0.2) is 59.5 Å². The van der Waals surface area contributed by atoms with Gasteiger partial charge in [-0.15, -0.1) is 0 Å². The predicted octanol–water partition coefficient (Wildman–Crippen LogP) is 2.91. The Bertz CT molecular complexity index is 1220. The van der Waals surface area contributed by atoms with Gasteiger partial charge in [0.15, 0.2) is 0 Å². The van der Waals surface area contributed by atoms with Crippen molar-refractivity contribution in [3.63, 3.8) is 0 Å². The zero-order valence-corrected chi connectivity index (χ0v) is 23.6. The first-order chi connectivity index (χ1) is 18.4. The lowest BCUT2D eigenvalue weighted by Gasteiger charge is -2.33. The molecule has 14 heteroatoms. The Labute approximate surface area is 228 Å². The van der Waals surface area contributed by atoms with E-state index in [4.69, 9.17) is 30.0 Å². The number of phosphoric ester groups is 1. The summed E-state index contributed by atoms with van der Waals surface area (Å²) in [7, 11) is -8.90. The number of sulfonamides is 1. The van der Waals surface area contributed by atoms with Gasteiger partial charge in [-0.1, -0.05) is 44.2 Å². The number of nitrogen functional groups attached to an aromatic ring is 1. The largest absolute Gasteiger partial charge is 0.472 e. The number of carbonyl (C=O) groups is 1. The van der Waals surface area contributed by atoms with Crippen molar-refractivity contribution in [1.82, 2.24) is 4.31 Å². The third-order valence-corrected chi connectivity index (χ3v) is 8.82. The van der Waals surface area contributed by atoms with Gasteiger partial charge in [0.25, 0.3) is 0 Å². The van der Waals surface area contributed by atoms with Crippen molar-refractivity contribution < 1.29 is 41.2 Å². The van der Waals surface area contributed by atoms with Crippen LogP contribution < -0.4 is 11.5 Å². The summed E-state index contributed by atoms with van der Waals surface area (Å²) in [6.45, 7) is 3.71. The minimum Gasteiger partial charge on any atom is -0.443 e. The molecule has 2 aromatic rings. The molecular formula is C25H36N3O9PS. The van der Waals surface area contributed by atoms with Gasteiger partial charge in [-0.2, -0.15) is 4.31 Å². The molecule has 4 atom stereocenters. The van der Waals surface area contributed by atoms with Crippen LogP contribution in [0.25, 0.3) is 0 Å². The van der Waals surface area contributed by atoms with Crippen LogP contribution in [0.4, 0.5) is 10.5 Å². The lowest BCUT2D eigenvalue weighted by molar-refractivity contribution is -0.0142. The maximum absolute atomic E-state index is 13.7. The number of anilines is 1. The minimum atomic E-state index is -4.77. The molecule has 1 fully saturated rings. The number of ether oxygens (including phenoxy) is 2. The second-order valence-corrected chi connectivity index (χ2v) is 13.0. The number of carbonyl (C=O) groups excluding carboxylic acids is 1. The van der Waals surface area contributed by atoms with Crippen molar-refractivity contribution in [2.24, 2.45) is 11.7 Å². The number of rotatable bonds is 14. The van der Waals surface area contributed by atoms with Crippen molar-refractivity contribution in [1.29, 1.82) is 0 Å². The van der Waals surface area contributed by atoms with E-state index < -0.39 is 48.8 Å². The van der Waals surface area contributed by atoms with Crippen LogP contribution in [-0.2, 0) is 39.5 Å². The van der Waals surface area contributed by atoms with Gasteiger partial charge in [0.2, 0.25) is 10.0 Å². The number of nitrogens with zero attached hydrogens (tertiary/aromatic N) is 1. The minimum absolute atomic E-state index is 0.0262. The summed E-state index contributed by atoms with van der Waals surface area (Å²) >= 11 is 0. The molecule has 1 heterocycles. The van der Waals surface area contributed by atoms with E-state index in [-0.39, 0.29) is 30.4 Å². The normalized spacial score (nSPS) is 19.1. The molecule has 0 aliphatic carbocycles. The zero-order valence-electron chi connectivity index (χ0n) is 21.9. The van der Waals surface area contributed by atoms with Gasteiger partial charge in [-0.25, -0.2) is 17.8 Å². The quantitative estimate of drug-likeness (QED) is 0.220. The molecule has 0 spiro atoms. The fourth-order valence-corrected chi connectivity index (χ4v) is 6.86. The Hall–Kier alpha value is -2.51. The highest BCUT2D eigenvalue weighted by Crippen LogP contribution is 2.48. The second-order valence-electron chi connectivity index (χ2n) is 9.65. The van der Waals surface area contributed by atoms with Crippen LogP contribution >= 0.6 is 7.82 Å². The molecule has 39 heavy (non-hydrogen) atoms. The highest BCUT2D eigenvalue weighted by atomic mass is 32.2. The van der Waals surface area contributed by atoms with Crippen LogP contribution in [-0.4, -0.2) is 68.3 Å². The summed E-state index contributed by atoms with van der Waals surface area (Å²) in [5, 5.41) is 0. The number of hydrogen-bond acceptors (Lipinski definition) is 9. The Morgan fingerprint density at radius 2 is 1.79 bits per heavy atom. The van der Waals surface area contributed by atoms with E-state index in [1.165, 1.54) is 24.3 Å². The average molecular weight is 586 g/mol. The smallest absolute Gasteiger partial charge is 0.443 e. The van der Waals surface area contributed by atoms with Crippen molar-refractivity contribution in [3.05, 3.63) is 60.2 Å². The van der Waals surface area contributed by atoms with Crippen molar-refractivity contribution in [3.8, 4) is 0 Å². The number of phosphoric acid groups is 1. The number of benzene rings is 2. The predicted molar refractivity (Wildman–Crippen MR) is 144 cm³/mol. The maximum atomic E-state index is 13.7. The first kappa shape index (κ1) is 31.0. The van der Waals surface area contributed by atoms with Gasteiger partial charge in [0.1, 0.15) is 12.2 Å². The summed E-state index contributed by atoms with van der Waals surface area (Å²) in [6.07, 6.45) is -4.09. The molecular weight excluding hydrogens is 549 g/mol. The van der Waals surface area contributed by atoms with Gasteiger partial charge < -0.3 is 25.8 Å². The maximum Gasteiger partial charge on any atom is 0.472 e. The first-order valence-electron chi connectivity index (χ1n) is 12.5. The highest BCUT2D eigenvalue weighted by Gasteiger charge is 2.40. The van der Waals surface area contributed by atoms with E-state index >= 15 is 0 Å². The second kappa shape index (κ2) is 13.7. The van der Waals surface area contributed by atoms with E-state index in [1.807, 2.05) is 13.8 Å². The summed E-state index contributed by atoms with van der Waals surface area (Å²) < 4.78 is 63.0. The Kier molecular flexibility index (Phi) is 10.9. The van der Waals surface area contributed by atoms with Gasteiger partial charge in [-0.05, 0) is 42.2 Å². The average Bonchev–Trinajstić information content (AvgIpc) is 3.35. The molecule has 1 aliphatic rings. The molecule has 5 N–H and O–H groups in total.